The van der Waals surface area contributed by atoms with Gasteiger partial charge in [0.1, 0.15) is 10.6 Å². The van der Waals surface area contributed by atoms with Crippen LogP contribution in [0, 0.1) is 23.6 Å². The number of amides is 1. The molecule has 2 unspecified atom stereocenters. The molecule has 2 bridgehead atoms. The lowest BCUT2D eigenvalue weighted by Gasteiger charge is -2.52. The maximum atomic E-state index is 15.1. The lowest BCUT2D eigenvalue weighted by molar-refractivity contribution is -0.348. The van der Waals surface area contributed by atoms with E-state index in [-0.39, 0.29) is 91.8 Å². The molecule has 5 aliphatic rings. The highest BCUT2D eigenvalue weighted by Gasteiger charge is 2.74. The van der Waals surface area contributed by atoms with Gasteiger partial charge in [0.05, 0.1) is 16.4 Å². The van der Waals surface area contributed by atoms with E-state index in [9.17, 15) is 53.8 Å². The first-order valence-electron chi connectivity index (χ1n) is 15.2. The number of sulfone groups is 1. The Balaban J connectivity index is 1.48. The number of rotatable bonds is 5. The highest BCUT2D eigenvalue weighted by atomic mass is 32.2. The van der Waals surface area contributed by atoms with Crippen molar-refractivity contribution in [3.05, 3.63) is 64.5 Å². The van der Waals surface area contributed by atoms with E-state index >= 15 is 4.39 Å². The summed E-state index contributed by atoms with van der Waals surface area (Å²) in [4.78, 5) is 27.4. The van der Waals surface area contributed by atoms with Gasteiger partial charge in [0.15, 0.2) is 9.84 Å². The Hall–Kier alpha value is -3.23. The number of likely N-dealkylation sites (tertiary alicyclic amines) is 1. The Kier molecular flexibility index (Phi) is 7.44. The Bertz CT molecular complexity index is 1730. The van der Waals surface area contributed by atoms with Crippen molar-refractivity contribution in [2.45, 2.75) is 98.4 Å². The summed E-state index contributed by atoms with van der Waals surface area (Å²) in [6.45, 7) is 1.21. The predicted octanol–water partition coefficient (Wildman–Crippen LogP) is 7.07. The predicted molar refractivity (Wildman–Crippen MR) is 150 cm³/mol. The van der Waals surface area contributed by atoms with Crippen LogP contribution in [0.1, 0.15) is 73.6 Å². The van der Waals surface area contributed by atoms with Crippen molar-refractivity contribution in [1.29, 1.82) is 0 Å². The lowest BCUT2D eigenvalue weighted by atomic mass is 9.53. The number of aryl methyl sites for hydroxylation is 2. The lowest BCUT2D eigenvalue weighted by Crippen LogP contribution is -2.57. The Labute approximate surface area is 265 Å². The van der Waals surface area contributed by atoms with Crippen molar-refractivity contribution >= 4 is 21.7 Å². The standard InChI is InChI=1S/C32H31F8NO5S/c1-18-16-21(4-6-23(18)33)47(45,46)29-14-15-41(25(42)27-8-11-28(12-9-27,13-10-27)26(43)44)24(29)7-2-19-17-20(3-5-22(19)29)30(34,31(35,36)37)32(38,39)40/h3-6,16-17,24H,2,7-15H2,1H3,(H,43,44). The maximum Gasteiger partial charge on any atom is 0.435 e. The molecule has 4 fully saturated rings. The zero-order valence-electron chi connectivity index (χ0n) is 25.1. The van der Waals surface area contributed by atoms with E-state index in [1.807, 2.05) is 0 Å². The van der Waals surface area contributed by atoms with Crippen LogP contribution in [-0.4, -0.2) is 55.2 Å². The van der Waals surface area contributed by atoms with Crippen LogP contribution >= 0.6 is 0 Å². The largest absolute Gasteiger partial charge is 0.481 e. The second-order valence-corrected chi connectivity index (χ2v) is 15.7. The van der Waals surface area contributed by atoms with Gasteiger partial charge in [-0.15, -0.1) is 0 Å². The number of nitrogens with zero attached hydrogens (tertiary/aromatic N) is 1. The Morgan fingerprint density at radius 3 is 1.96 bits per heavy atom. The Morgan fingerprint density at radius 1 is 0.851 bits per heavy atom. The maximum absolute atomic E-state index is 15.1. The molecule has 7 rings (SSSR count). The number of carbonyl (C=O) groups excluding carboxylic acids is 1. The van der Waals surface area contributed by atoms with Crippen molar-refractivity contribution < 1.29 is 58.2 Å². The van der Waals surface area contributed by atoms with Crippen molar-refractivity contribution in [2.24, 2.45) is 10.8 Å². The second kappa shape index (κ2) is 10.4. The summed E-state index contributed by atoms with van der Waals surface area (Å²) in [5, 5.41) is 9.79. The fourth-order valence-electron chi connectivity index (χ4n) is 8.60. The van der Waals surface area contributed by atoms with E-state index in [1.165, 1.54) is 11.8 Å². The smallest absolute Gasteiger partial charge is 0.435 e. The van der Waals surface area contributed by atoms with Crippen molar-refractivity contribution in [3.63, 3.8) is 0 Å². The van der Waals surface area contributed by atoms with Gasteiger partial charge >= 0.3 is 24.0 Å². The molecule has 2 aromatic rings. The summed E-state index contributed by atoms with van der Waals surface area (Å²) < 4.78 is 139. The molecular formula is C32H31F8NO5S. The van der Waals surface area contributed by atoms with Crippen LogP contribution < -0.4 is 0 Å². The summed E-state index contributed by atoms with van der Waals surface area (Å²) in [5.41, 5.74) is -9.74. The van der Waals surface area contributed by atoms with Crippen LogP contribution in [-0.2, 0) is 36.3 Å². The Morgan fingerprint density at radius 2 is 1.43 bits per heavy atom. The number of hydrogen-bond acceptors (Lipinski definition) is 4. The number of benzene rings is 2. The zero-order chi connectivity index (χ0) is 34.6. The molecule has 6 nitrogen and oxygen atoms in total. The van der Waals surface area contributed by atoms with Gasteiger partial charge in [0.25, 0.3) is 0 Å². The molecule has 0 radical (unpaired) electrons. The fraction of sp³-hybridized carbons (Fsp3) is 0.562. The van der Waals surface area contributed by atoms with E-state index in [2.05, 4.69) is 0 Å². The fourth-order valence-corrected chi connectivity index (χ4v) is 11.1. The first-order chi connectivity index (χ1) is 21.7. The number of fused-ring (bicyclic) bond motifs is 6. The molecule has 1 heterocycles. The van der Waals surface area contributed by atoms with Gasteiger partial charge in [-0.05, 0) is 99.6 Å². The van der Waals surface area contributed by atoms with Crippen LogP contribution in [0.2, 0.25) is 0 Å². The second-order valence-electron chi connectivity index (χ2n) is 13.5. The first kappa shape index (κ1) is 33.7. The quantitative estimate of drug-likeness (QED) is 0.268. The van der Waals surface area contributed by atoms with Gasteiger partial charge in [0.2, 0.25) is 5.91 Å². The minimum absolute atomic E-state index is 0.0286. The number of aliphatic carboxylic acids is 1. The number of alkyl halides is 7. The molecule has 0 aromatic heterocycles. The third-order valence-electron chi connectivity index (χ3n) is 11.4. The molecule has 2 atom stereocenters. The van der Waals surface area contributed by atoms with Gasteiger partial charge in [-0.3, -0.25) is 9.59 Å². The topological polar surface area (TPSA) is 91.8 Å². The van der Waals surface area contributed by atoms with Gasteiger partial charge in [-0.25, -0.2) is 17.2 Å². The molecule has 3 saturated carbocycles. The van der Waals surface area contributed by atoms with Crippen LogP contribution in [0.5, 0.6) is 0 Å². The molecule has 1 saturated heterocycles. The summed E-state index contributed by atoms with van der Waals surface area (Å²) >= 11 is 0. The number of carboxylic acids is 1. The number of carboxylic acid groups (broad SMARTS) is 1. The highest BCUT2D eigenvalue weighted by Crippen LogP contribution is 2.61. The SMILES string of the molecule is Cc1cc(S(=O)(=O)C23CCN(C(=O)C45CCC(C(=O)O)(CC4)CC5)C2CCc2cc(C(F)(C(F)(F)F)C(F)(F)F)ccc23)ccc1F. The molecule has 1 N–H and O–H groups in total. The number of carbonyl (C=O) groups is 2. The molecular weight excluding hydrogens is 662 g/mol. The van der Waals surface area contributed by atoms with Gasteiger partial charge in [-0.2, -0.15) is 26.3 Å². The molecule has 15 heteroatoms. The summed E-state index contributed by atoms with van der Waals surface area (Å²) in [5.74, 6) is -2.01. The average molecular weight is 694 g/mol. The van der Waals surface area contributed by atoms with Gasteiger partial charge < -0.3 is 10.0 Å². The highest BCUT2D eigenvalue weighted by molar-refractivity contribution is 7.92. The van der Waals surface area contributed by atoms with Crippen LogP contribution in [0.25, 0.3) is 0 Å². The van der Waals surface area contributed by atoms with Crippen LogP contribution in [0.15, 0.2) is 41.3 Å². The normalized spacial score (nSPS) is 29.4. The van der Waals surface area contributed by atoms with Crippen molar-refractivity contribution in [2.75, 3.05) is 6.54 Å². The van der Waals surface area contributed by atoms with E-state index in [1.54, 1.807) is 0 Å². The molecule has 2 aromatic carbocycles. The monoisotopic (exact) mass is 693 g/mol. The summed E-state index contributed by atoms with van der Waals surface area (Å²) in [6, 6.07) is 3.42. The van der Waals surface area contributed by atoms with Gasteiger partial charge in [0, 0.05) is 17.5 Å². The molecule has 1 aliphatic heterocycles. The first-order valence-corrected chi connectivity index (χ1v) is 16.7. The molecule has 4 aliphatic carbocycles. The number of halogens is 8. The zero-order valence-corrected chi connectivity index (χ0v) is 25.9. The van der Waals surface area contributed by atoms with E-state index < -0.39 is 66.8 Å². The van der Waals surface area contributed by atoms with Crippen molar-refractivity contribution in [3.8, 4) is 0 Å². The molecule has 256 valence electrons. The van der Waals surface area contributed by atoms with E-state index in [4.69, 9.17) is 0 Å². The van der Waals surface area contributed by atoms with Crippen LogP contribution in [0.3, 0.4) is 0 Å². The number of hydrogen-bond donors (Lipinski definition) is 1. The summed E-state index contributed by atoms with van der Waals surface area (Å²) in [6.07, 6.45) is -11.8. The minimum atomic E-state index is -6.37. The van der Waals surface area contributed by atoms with E-state index in [0.717, 1.165) is 24.3 Å². The molecule has 0 spiro atoms. The molecule has 1 amide bonds. The third kappa shape index (κ3) is 4.49. The average Bonchev–Trinajstić information content (AvgIpc) is 3.42. The summed E-state index contributed by atoms with van der Waals surface area (Å²) in [7, 11) is -4.63. The van der Waals surface area contributed by atoms with Gasteiger partial charge in [-0.1, -0.05) is 18.2 Å². The third-order valence-corrected chi connectivity index (χ3v) is 13.9. The van der Waals surface area contributed by atoms with Crippen molar-refractivity contribution in [1.82, 2.24) is 4.90 Å². The van der Waals surface area contributed by atoms with E-state index in [0.29, 0.717) is 12.1 Å². The minimum Gasteiger partial charge on any atom is -0.481 e. The molecule has 47 heavy (non-hydrogen) atoms. The van der Waals surface area contributed by atoms with Crippen LogP contribution in [0.4, 0.5) is 35.1 Å².